The average Bonchev–Trinajstić information content (AvgIpc) is 1.69. The molecule has 91 heavy (non-hydrogen) atoms. The fourth-order valence-corrected chi connectivity index (χ4v) is 12.4. The van der Waals surface area contributed by atoms with Crippen molar-refractivity contribution in [3.63, 3.8) is 0 Å². The minimum Gasteiger partial charge on any atom is -0.379 e. The lowest BCUT2D eigenvalue weighted by Crippen LogP contribution is -2.45. The summed E-state index contributed by atoms with van der Waals surface area (Å²) in [4.78, 5) is 7.23. The molecule has 2 fully saturated rings. The minimum absolute atomic E-state index is 0.162. The molecule has 2 aliphatic rings. The van der Waals surface area contributed by atoms with Gasteiger partial charge in [-0.25, -0.2) is 14.0 Å². The van der Waals surface area contributed by atoms with Gasteiger partial charge in [-0.15, -0.1) is 30.6 Å². The molecule has 17 nitrogen and oxygen atoms in total. The molecule has 12 aromatic rings. The van der Waals surface area contributed by atoms with Crippen molar-refractivity contribution in [2.75, 3.05) is 79.2 Å². The molecule has 14 rings (SSSR count). The highest BCUT2D eigenvalue weighted by atomic mass is 35.5. The molecule has 2 saturated heterocycles. The summed E-state index contributed by atoms with van der Waals surface area (Å²) in [5.41, 5.74) is 14.9. The number of aromatic nitrogens is 12. The molecule has 6 aromatic heterocycles. The standard InChI is InChI=1S/C25H27ClN6.C24H24ClN5O.C22H21ClN4O/c1-18-7-6-10-20(17-18)23-21-22(26)24(19-8-4-3-5-9-19)27-28-25(21)32(29-23)16-15-31-13-11-30(2)12-14-31;1-17-6-5-9-19(16-17)22-20-21(25)23(18-7-3-2-4-8-18)26-27-24(20)30(28-22)11-10-29-12-14-31-15-13-29;1-15(2)28-14-13-27-22-18(20(26-27)16-9-5-3-6-10-16)19(23)21(24-25-22)17-11-7-4-8-12-17/h3-10,17H,11-16H2,1-2H3;2-9,16H,10-15H2,1H3;3-12,15H,13-14H2,1-2H3. The second-order valence-corrected chi connectivity index (χ2v) is 24.3. The molecule has 0 aliphatic carbocycles. The van der Waals surface area contributed by atoms with E-state index in [0.29, 0.717) is 50.9 Å². The van der Waals surface area contributed by atoms with E-state index in [-0.39, 0.29) is 6.10 Å². The van der Waals surface area contributed by atoms with Crippen LogP contribution < -0.4 is 0 Å². The van der Waals surface area contributed by atoms with Crippen molar-refractivity contribution in [1.29, 1.82) is 0 Å². The van der Waals surface area contributed by atoms with E-state index in [9.17, 15) is 0 Å². The predicted octanol–water partition coefficient (Wildman–Crippen LogP) is 14.1. The number of halogens is 3. The Morgan fingerprint density at radius 1 is 0.396 bits per heavy atom. The number of rotatable bonds is 16. The van der Waals surface area contributed by atoms with Crippen molar-refractivity contribution in [3.8, 4) is 67.5 Å². The number of hydrogen-bond acceptors (Lipinski definition) is 14. The summed E-state index contributed by atoms with van der Waals surface area (Å²) in [6.07, 6.45) is 0.162. The van der Waals surface area contributed by atoms with Crippen LogP contribution in [0.2, 0.25) is 15.1 Å². The first-order chi connectivity index (χ1) is 44.4. The Hall–Kier alpha value is -8.36. The summed E-state index contributed by atoms with van der Waals surface area (Å²) < 4.78 is 16.9. The summed E-state index contributed by atoms with van der Waals surface area (Å²) in [7, 11) is 2.17. The molecule has 20 heteroatoms. The lowest BCUT2D eigenvalue weighted by Gasteiger charge is -2.32. The molecule has 0 atom stereocenters. The van der Waals surface area contributed by atoms with Gasteiger partial charge in [-0.3, -0.25) is 9.80 Å². The van der Waals surface area contributed by atoms with E-state index in [2.05, 4.69) is 109 Å². The maximum Gasteiger partial charge on any atom is 0.182 e. The molecule has 0 N–H and O–H groups in total. The van der Waals surface area contributed by atoms with Gasteiger partial charge < -0.3 is 14.4 Å². The Bertz CT molecular complexity index is 4400. The molecule has 0 saturated carbocycles. The highest BCUT2D eigenvalue weighted by Gasteiger charge is 2.26. The lowest BCUT2D eigenvalue weighted by atomic mass is 10.1. The van der Waals surface area contributed by atoms with E-state index in [1.54, 1.807) is 0 Å². The van der Waals surface area contributed by atoms with E-state index >= 15 is 0 Å². The maximum atomic E-state index is 6.98. The number of fused-ring (bicyclic) bond motifs is 3. The zero-order valence-electron chi connectivity index (χ0n) is 51.8. The molecule has 0 unspecified atom stereocenters. The van der Waals surface area contributed by atoms with E-state index < -0.39 is 0 Å². The zero-order valence-corrected chi connectivity index (χ0v) is 54.1. The van der Waals surface area contributed by atoms with Gasteiger partial charge in [-0.1, -0.05) is 204 Å². The molecule has 2 aliphatic heterocycles. The fraction of sp³-hybridized carbons (Fsp3) is 0.282. The number of benzene rings is 6. The van der Waals surface area contributed by atoms with Gasteiger partial charge in [-0.05, 0) is 46.9 Å². The maximum absolute atomic E-state index is 6.98. The normalized spacial score (nSPS) is 14.0. The number of likely N-dealkylation sites (N-methyl/N-ethyl adjacent to an activating group) is 1. The number of ether oxygens (including phenoxy) is 2. The van der Waals surface area contributed by atoms with Crippen molar-refractivity contribution >= 4 is 67.9 Å². The first kappa shape index (κ1) is 62.8. The van der Waals surface area contributed by atoms with Crippen LogP contribution in [-0.4, -0.2) is 160 Å². The molecule has 6 aromatic carbocycles. The van der Waals surface area contributed by atoms with Crippen molar-refractivity contribution in [3.05, 3.63) is 196 Å². The molecule has 0 spiro atoms. The number of piperazine rings is 1. The fourth-order valence-electron chi connectivity index (χ4n) is 11.4. The van der Waals surface area contributed by atoms with Gasteiger partial charge in [0.25, 0.3) is 0 Å². The average molecular weight is 1270 g/mol. The molecular weight excluding hydrogens is 1200 g/mol. The third kappa shape index (κ3) is 14.6. The van der Waals surface area contributed by atoms with Crippen LogP contribution in [-0.2, 0) is 29.1 Å². The van der Waals surface area contributed by atoms with Gasteiger partial charge in [0.1, 0.15) is 34.2 Å². The first-order valence-corrected chi connectivity index (χ1v) is 32.1. The van der Waals surface area contributed by atoms with E-state index in [1.807, 2.05) is 155 Å². The van der Waals surface area contributed by atoms with Crippen LogP contribution in [0.1, 0.15) is 25.0 Å². The Kier molecular flexibility index (Phi) is 20.2. The van der Waals surface area contributed by atoms with E-state index in [1.165, 1.54) is 11.1 Å². The molecule has 464 valence electrons. The van der Waals surface area contributed by atoms with Crippen LogP contribution in [0, 0.1) is 13.8 Å². The molecule has 8 heterocycles. The van der Waals surface area contributed by atoms with Crippen molar-refractivity contribution < 1.29 is 9.47 Å². The SMILES string of the molecule is CC(C)OCCn1nc(-c2ccccc2)c2c(Cl)c(-c3ccccc3)nnc21.Cc1cccc(-c2nn(CCN3CCN(C)CC3)c3nnc(-c4ccccc4)c(Cl)c23)c1.Cc1cccc(-c2nn(CCN3CCOCC3)c3nnc(-c4ccccc4)c(Cl)c23)c1. The van der Waals surface area contributed by atoms with Gasteiger partial charge in [0.15, 0.2) is 16.9 Å². The Morgan fingerprint density at radius 2 is 0.736 bits per heavy atom. The van der Waals surface area contributed by atoms with Gasteiger partial charge in [-0.2, -0.15) is 15.3 Å². The van der Waals surface area contributed by atoms with Crippen molar-refractivity contribution in [2.24, 2.45) is 0 Å². The second kappa shape index (κ2) is 29.3. The quantitative estimate of drug-likeness (QED) is 0.0899. The topological polar surface area (TPSA) is 159 Å². The molecule has 0 radical (unpaired) electrons. The highest BCUT2D eigenvalue weighted by molar-refractivity contribution is 6.39. The predicted molar refractivity (Wildman–Crippen MR) is 365 cm³/mol. The van der Waals surface area contributed by atoms with Gasteiger partial charge in [0, 0.05) is 85.7 Å². The van der Waals surface area contributed by atoms with Crippen LogP contribution in [0.15, 0.2) is 170 Å². The van der Waals surface area contributed by atoms with Gasteiger partial charge in [0.05, 0.1) is 76.8 Å². The minimum atomic E-state index is 0.162. The van der Waals surface area contributed by atoms with Crippen LogP contribution in [0.25, 0.3) is 101 Å². The van der Waals surface area contributed by atoms with Crippen LogP contribution in [0.4, 0.5) is 0 Å². The summed E-state index contributed by atoms with van der Waals surface area (Å²) in [6.45, 7) is 20.4. The van der Waals surface area contributed by atoms with Crippen LogP contribution in [0.5, 0.6) is 0 Å². The van der Waals surface area contributed by atoms with Gasteiger partial charge >= 0.3 is 0 Å². The van der Waals surface area contributed by atoms with Crippen molar-refractivity contribution in [1.82, 2.24) is 74.6 Å². The number of hydrogen-bond donors (Lipinski definition) is 0. The molecular formula is C71H72Cl3N15O2. The lowest BCUT2D eigenvalue weighted by molar-refractivity contribution is 0.0361. The zero-order chi connectivity index (χ0) is 62.8. The molecule has 0 bridgehead atoms. The number of aryl methyl sites for hydroxylation is 2. The Labute approximate surface area is 545 Å². The first-order valence-electron chi connectivity index (χ1n) is 30.9. The highest BCUT2D eigenvalue weighted by Crippen LogP contribution is 2.41. The van der Waals surface area contributed by atoms with Crippen LogP contribution in [0.3, 0.4) is 0 Å². The largest absolute Gasteiger partial charge is 0.379 e. The van der Waals surface area contributed by atoms with E-state index in [4.69, 9.17) is 59.6 Å². The number of morpholine rings is 1. The third-order valence-electron chi connectivity index (χ3n) is 16.3. The van der Waals surface area contributed by atoms with E-state index in [0.717, 1.165) is 157 Å². The summed E-state index contributed by atoms with van der Waals surface area (Å²) in [5, 5.41) is 46.1. The molecule has 0 amide bonds. The second-order valence-electron chi connectivity index (χ2n) is 23.1. The Morgan fingerprint density at radius 3 is 1.11 bits per heavy atom. The third-order valence-corrected chi connectivity index (χ3v) is 17.4. The van der Waals surface area contributed by atoms with Gasteiger partial charge in [0.2, 0.25) is 0 Å². The number of nitrogens with zero attached hydrogens (tertiary/aromatic N) is 15. The van der Waals surface area contributed by atoms with Crippen LogP contribution >= 0.6 is 34.8 Å². The summed E-state index contributed by atoms with van der Waals surface area (Å²) in [5.74, 6) is 0. The smallest absolute Gasteiger partial charge is 0.182 e. The summed E-state index contributed by atoms with van der Waals surface area (Å²) in [6, 6.07) is 56.4. The van der Waals surface area contributed by atoms with Crippen molar-refractivity contribution in [2.45, 2.75) is 53.4 Å². The summed E-state index contributed by atoms with van der Waals surface area (Å²) >= 11 is 20.8. The Balaban J connectivity index is 0.000000132. The monoisotopic (exact) mass is 1270 g/mol.